The molecule has 1 aromatic heterocycles. The summed E-state index contributed by atoms with van der Waals surface area (Å²) in [5.41, 5.74) is 4.21. The second-order valence-electron chi connectivity index (χ2n) is 6.67. The molecule has 1 atom stereocenters. The van der Waals surface area contributed by atoms with Gasteiger partial charge in [0, 0.05) is 19.2 Å². The first kappa shape index (κ1) is 17.4. The summed E-state index contributed by atoms with van der Waals surface area (Å²) < 4.78 is 6.94. The largest absolute Gasteiger partial charge is 0.377 e. The van der Waals surface area contributed by atoms with Crippen molar-refractivity contribution in [3.8, 4) is 0 Å². The van der Waals surface area contributed by atoms with E-state index >= 15 is 0 Å². The summed E-state index contributed by atoms with van der Waals surface area (Å²) in [6.45, 7) is 7.11. The van der Waals surface area contributed by atoms with E-state index in [1.165, 1.54) is 5.56 Å². The number of urea groups is 1. The van der Waals surface area contributed by atoms with Gasteiger partial charge in [-0.05, 0) is 38.3 Å². The Hall–Kier alpha value is -2.41. The molecule has 3 rings (SSSR count). The van der Waals surface area contributed by atoms with Crippen molar-refractivity contribution in [2.75, 3.05) is 12.4 Å². The average Bonchev–Trinajstić information content (AvgIpc) is 2.93. The molecule has 2 amide bonds. The number of methoxy groups -OCH3 is 1. The lowest BCUT2D eigenvalue weighted by molar-refractivity contribution is 0.177. The molecule has 0 saturated heterocycles. The summed E-state index contributed by atoms with van der Waals surface area (Å²) in [5.74, 6) is 1.64. The number of amides is 2. The number of nitrogens with zero attached hydrogens (tertiary/aromatic N) is 3. The molecule has 1 aliphatic rings. The zero-order valence-corrected chi connectivity index (χ0v) is 15.2. The van der Waals surface area contributed by atoms with Gasteiger partial charge in [0.05, 0.1) is 12.6 Å². The van der Waals surface area contributed by atoms with Crippen molar-refractivity contribution in [2.45, 2.75) is 52.8 Å². The molecule has 0 radical (unpaired) electrons. The number of nitrogens with one attached hydrogen (secondary N) is 2. The van der Waals surface area contributed by atoms with Crippen LogP contribution in [0.2, 0.25) is 0 Å². The molecule has 7 heteroatoms. The molecule has 2 heterocycles. The molecule has 2 N–H and O–H groups in total. The highest BCUT2D eigenvalue weighted by atomic mass is 16.5. The van der Waals surface area contributed by atoms with E-state index in [2.05, 4.69) is 39.8 Å². The van der Waals surface area contributed by atoms with Crippen molar-refractivity contribution in [3.63, 3.8) is 0 Å². The number of ether oxygens (including phenoxy) is 1. The Morgan fingerprint density at radius 3 is 2.72 bits per heavy atom. The number of aryl methyl sites for hydroxylation is 4. The zero-order chi connectivity index (χ0) is 18.0. The van der Waals surface area contributed by atoms with Crippen molar-refractivity contribution in [1.29, 1.82) is 0 Å². The first-order valence-electron chi connectivity index (χ1n) is 8.53. The summed E-state index contributed by atoms with van der Waals surface area (Å²) in [6, 6.07) is 4.00. The lowest BCUT2D eigenvalue weighted by Crippen LogP contribution is -2.43. The minimum Gasteiger partial charge on any atom is -0.377 e. The normalized spacial score (nSPS) is 16.4. The SMILES string of the molecule is COCc1nc2n(n1)CC(NC(=O)Nc1c(C)cc(C)cc1C)CC2. The fourth-order valence-electron chi connectivity index (χ4n) is 3.38. The Labute approximate surface area is 147 Å². The number of benzene rings is 1. The fourth-order valence-corrected chi connectivity index (χ4v) is 3.38. The summed E-state index contributed by atoms with van der Waals surface area (Å²) in [5, 5.41) is 10.5. The Balaban J connectivity index is 1.62. The van der Waals surface area contributed by atoms with Gasteiger partial charge in [0.25, 0.3) is 0 Å². The molecule has 0 bridgehead atoms. The Morgan fingerprint density at radius 1 is 1.32 bits per heavy atom. The third kappa shape index (κ3) is 3.99. The number of hydrogen-bond donors (Lipinski definition) is 2. The Morgan fingerprint density at radius 2 is 2.04 bits per heavy atom. The van der Waals surface area contributed by atoms with E-state index in [0.29, 0.717) is 19.0 Å². The minimum atomic E-state index is -0.180. The average molecular weight is 343 g/mol. The monoisotopic (exact) mass is 343 g/mol. The molecule has 0 aliphatic carbocycles. The van der Waals surface area contributed by atoms with Gasteiger partial charge in [-0.1, -0.05) is 17.7 Å². The predicted molar refractivity (Wildman–Crippen MR) is 95.7 cm³/mol. The third-order valence-corrected chi connectivity index (χ3v) is 4.43. The number of carbonyl (C=O) groups is 1. The molecule has 0 saturated carbocycles. The van der Waals surface area contributed by atoms with Crippen molar-refractivity contribution >= 4 is 11.7 Å². The van der Waals surface area contributed by atoms with Gasteiger partial charge in [-0.2, -0.15) is 5.10 Å². The van der Waals surface area contributed by atoms with Gasteiger partial charge < -0.3 is 15.4 Å². The van der Waals surface area contributed by atoms with Crippen LogP contribution in [0.5, 0.6) is 0 Å². The van der Waals surface area contributed by atoms with E-state index in [0.717, 1.165) is 35.5 Å². The van der Waals surface area contributed by atoms with Crippen molar-refractivity contribution < 1.29 is 9.53 Å². The van der Waals surface area contributed by atoms with Crippen molar-refractivity contribution in [3.05, 3.63) is 40.5 Å². The van der Waals surface area contributed by atoms with Gasteiger partial charge in [-0.3, -0.25) is 0 Å². The number of carbonyl (C=O) groups excluding carboxylic acids is 1. The van der Waals surface area contributed by atoms with Crippen LogP contribution in [0.3, 0.4) is 0 Å². The lowest BCUT2D eigenvalue weighted by Gasteiger charge is -2.24. The number of aromatic nitrogens is 3. The highest BCUT2D eigenvalue weighted by molar-refractivity contribution is 5.91. The van der Waals surface area contributed by atoms with Crippen LogP contribution in [0.15, 0.2) is 12.1 Å². The van der Waals surface area contributed by atoms with Crippen LogP contribution in [-0.4, -0.2) is 33.9 Å². The number of hydrogen-bond acceptors (Lipinski definition) is 4. The smallest absolute Gasteiger partial charge is 0.319 e. The van der Waals surface area contributed by atoms with Crippen LogP contribution in [0.1, 0.15) is 34.8 Å². The highest BCUT2D eigenvalue weighted by Gasteiger charge is 2.23. The maximum Gasteiger partial charge on any atom is 0.319 e. The fraction of sp³-hybridized carbons (Fsp3) is 0.500. The Bertz CT molecular complexity index is 761. The molecular weight excluding hydrogens is 318 g/mol. The molecule has 1 aliphatic heterocycles. The lowest BCUT2D eigenvalue weighted by atomic mass is 10.1. The number of anilines is 1. The summed E-state index contributed by atoms with van der Waals surface area (Å²) in [7, 11) is 1.63. The topological polar surface area (TPSA) is 81.1 Å². The Kier molecular flexibility index (Phi) is 5.03. The molecule has 25 heavy (non-hydrogen) atoms. The van der Waals surface area contributed by atoms with E-state index in [9.17, 15) is 4.79 Å². The van der Waals surface area contributed by atoms with E-state index in [1.54, 1.807) is 7.11 Å². The predicted octanol–water partition coefficient (Wildman–Crippen LogP) is 2.49. The molecule has 2 aromatic rings. The van der Waals surface area contributed by atoms with Crippen LogP contribution in [0.4, 0.5) is 10.5 Å². The van der Waals surface area contributed by atoms with E-state index in [4.69, 9.17) is 4.74 Å². The second kappa shape index (κ2) is 7.23. The molecule has 134 valence electrons. The highest BCUT2D eigenvalue weighted by Crippen LogP contribution is 2.22. The van der Waals surface area contributed by atoms with Gasteiger partial charge in [0.1, 0.15) is 12.4 Å². The molecule has 1 aromatic carbocycles. The van der Waals surface area contributed by atoms with E-state index in [-0.39, 0.29) is 12.1 Å². The van der Waals surface area contributed by atoms with Crippen molar-refractivity contribution in [1.82, 2.24) is 20.1 Å². The first-order valence-corrected chi connectivity index (χ1v) is 8.53. The standard InChI is InChI=1S/C18H25N5O2/c1-11-7-12(2)17(13(3)8-11)21-18(24)19-14-5-6-16-20-15(10-25-4)22-23(16)9-14/h7-8,14H,5-6,9-10H2,1-4H3,(H2,19,21,24). The van der Waals surface area contributed by atoms with Gasteiger partial charge in [-0.15, -0.1) is 0 Å². The third-order valence-electron chi connectivity index (χ3n) is 4.43. The zero-order valence-electron chi connectivity index (χ0n) is 15.2. The van der Waals surface area contributed by atoms with Gasteiger partial charge >= 0.3 is 6.03 Å². The van der Waals surface area contributed by atoms with Crippen LogP contribution in [0.25, 0.3) is 0 Å². The van der Waals surface area contributed by atoms with Crippen molar-refractivity contribution in [2.24, 2.45) is 0 Å². The van der Waals surface area contributed by atoms with E-state index in [1.807, 2.05) is 18.5 Å². The van der Waals surface area contributed by atoms with Gasteiger partial charge in [0.2, 0.25) is 0 Å². The van der Waals surface area contributed by atoms with Gasteiger partial charge in [-0.25, -0.2) is 14.5 Å². The molecule has 0 spiro atoms. The number of fused-ring (bicyclic) bond motifs is 1. The first-order chi connectivity index (χ1) is 12.0. The molecule has 7 nitrogen and oxygen atoms in total. The maximum atomic E-state index is 12.4. The second-order valence-corrected chi connectivity index (χ2v) is 6.67. The van der Waals surface area contributed by atoms with Crippen LogP contribution < -0.4 is 10.6 Å². The van der Waals surface area contributed by atoms with Crippen LogP contribution in [0, 0.1) is 20.8 Å². The maximum absolute atomic E-state index is 12.4. The molecular formula is C18H25N5O2. The quantitative estimate of drug-likeness (QED) is 0.894. The minimum absolute atomic E-state index is 0.0376. The van der Waals surface area contributed by atoms with Crippen LogP contribution >= 0.6 is 0 Å². The molecule has 0 fully saturated rings. The summed E-state index contributed by atoms with van der Waals surface area (Å²) in [6.07, 6.45) is 1.65. The molecule has 1 unspecified atom stereocenters. The van der Waals surface area contributed by atoms with Crippen LogP contribution in [-0.2, 0) is 24.3 Å². The number of rotatable bonds is 4. The van der Waals surface area contributed by atoms with Gasteiger partial charge in [0.15, 0.2) is 5.82 Å². The summed E-state index contributed by atoms with van der Waals surface area (Å²) in [4.78, 5) is 16.9. The van der Waals surface area contributed by atoms with E-state index < -0.39 is 0 Å². The summed E-state index contributed by atoms with van der Waals surface area (Å²) >= 11 is 0.